The molecule has 2 aromatic carbocycles. The Kier molecular flexibility index (Phi) is 6.13. The van der Waals surface area contributed by atoms with Gasteiger partial charge in [0.05, 0.1) is 0 Å². The van der Waals surface area contributed by atoms with Gasteiger partial charge in [0.15, 0.2) is 0 Å². The van der Waals surface area contributed by atoms with Crippen molar-refractivity contribution in [3.63, 3.8) is 0 Å². The third-order valence-corrected chi connectivity index (χ3v) is 6.28. The van der Waals surface area contributed by atoms with Crippen molar-refractivity contribution in [1.82, 2.24) is 4.90 Å². The van der Waals surface area contributed by atoms with Crippen molar-refractivity contribution in [3.8, 4) is 0 Å². The maximum absolute atomic E-state index is 13.8. The van der Waals surface area contributed by atoms with Crippen LogP contribution in [0, 0.1) is 0 Å². The van der Waals surface area contributed by atoms with Gasteiger partial charge in [-0.25, -0.2) is 9.69 Å². The number of hydrogen-bond acceptors (Lipinski definition) is 5. The second kappa shape index (κ2) is 8.98. The van der Waals surface area contributed by atoms with E-state index >= 15 is 0 Å². The molecule has 4 rings (SSSR count). The summed E-state index contributed by atoms with van der Waals surface area (Å²) in [5.74, 6) is -0.578. The molecule has 2 aromatic rings. The molecule has 2 fully saturated rings. The lowest BCUT2D eigenvalue weighted by Crippen LogP contribution is -2.52. The summed E-state index contributed by atoms with van der Waals surface area (Å²) >= 11 is 6.07. The highest BCUT2D eigenvalue weighted by Gasteiger charge is 2.50. The topological polar surface area (TPSA) is 105 Å². The van der Waals surface area contributed by atoms with Gasteiger partial charge >= 0.3 is 6.09 Å². The monoisotopic (exact) mass is 440 g/mol. The minimum absolute atomic E-state index is 0.0502. The molecule has 0 aromatic heterocycles. The fourth-order valence-corrected chi connectivity index (χ4v) is 4.53. The SMILES string of the molecule is [N-]=[N+]=NC(C(=O)N1C(=O)OCC1c1ccccc1)C1(c2ccc(Cl)cc2)CCOCC1. The van der Waals surface area contributed by atoms with Gasteiger partial charge in [-0.2, -0.15) is 0 Å². The van der Waals surface area contributed by atoms with Gasteiger partial charge in [-0.3, -0.25) is 4.79 Å². The van der Waals surface area contributed by atoms with Crippen LogP contribution >= 0.6 is 11.6 Å². The Bertz CT molecular complexity index is 1000. The van der Waals surface area contributed by atoms with Gasteiger partial charge in [0.2, 0.25) is 5.91 Å². The zero-order chi connectivity index (χ0) is 21.8. The van der Waals surface area contributed by atoms with Crippen molar-refractivity contribution in [2.24, 2.45) is 5.11 Å². The van der Waals surface area contributed by atoms with Crippen LogP contribution in [0.4, 0.5) is 4.79 Å². The summed E-state index contributed by atoms with van der Waals surface area (Å²) in [5, 5.41) is 4.48. The van der Waals surface area contributed by atoms with Crippen LogP contribution in [0.1, 0.15) is 30.0 Å². The van der Waals surface area contributed by atoms with E-state index in [1.807, 2.05) is 42.5 Å². The van der Waals surface area contributed by atoms with E-state index in [1.165, 1.54) is 0 Å². The van der Waals surface area contributed by atoms with Crippen molar-refractivity contribution >= 4 is 23.6 Å². The normalized spacial score (nSPS) is 21.1. The van der Waals surface area contributed by atoms with Crippen LogP contribution < -0.4 is 0 Å². The number of azide groups is 1. The Morgan fingerprint density at radius 1 is 1.16 bits per heavy atom. The van der Waals surface area contributed by atoms with Crippen LogP contribution in [0.2, 0.25) is 5.02 Å². The third-order valence-electron chi connectivity index (χ3n) is 6.02. The van der Waals surface area contributed by atoms with E-state index in [0.717, 1.165) is 16.0 Å². The predicted octanol–water partition coefficient (Wildman–Crippen LogP) is 4.79. The second-order valence-electron chi connectivity index (χ2n) is 7.59. The van der Waals surface area contributed by atoms with Gasteiger partial charge in [-0.1, -0.05) is 59.2 Å². The van der Waals surface area contributed by atoms with Crippen molar-refractivity contribution < 1.29 is 19.1 Å². The van der Waals surface area contributed by atoms with E-state index in [2.05, 4.69) is 10.0 Å². The average molecular weight is 441 g/mol. The number of nitrogens with zero attached hydrogens (tertiary/aromatic N) is 4. The molecule has 2 atom stereocenters. The maximum Gasteiger partial charge on any atom is 0.417 e. The van der Waals surface area contributed by atoms with Crippen LogP contribution in [-0.4, -0.2) is 42.8 Å². The molecule has 0 radical (unpaired) electrons. The fraction of sp³-hybridized carbons (Fsp3) is 0.364. The molecule has 0 spiro atoms. The summed E-state index contributed by atoms with van der Waals surface area (Å²) in [6, 6.07) is 14.6. The highest BCUT2D eigenvalue weighted by atomic mass is 35.5. The minimum Gasteiger partial charge on any atom is -0.446 e. The van der Waals surface area contributed by atoms with Crippen LogP contribution in [-0.2, 0) is 19.7 Å². The van der Waals surface area contributed by atoms with Gasteiger partial charge in [0, 0.05) is 28.6 Å². The molecule has 0 aliphatic carbocycles. The summed E-state index contributed by atoms with van der Waals surface area (Å²) in [4.78, 5) is 30.4. The van der Waals surface area contributed by atoms with E-state index < -0.39 is 29.5 Å². The lowest BCUT2D eigenvalue weighted by atomic mass is 9.68. The van der Waals surface area contributed by atoms with Crippen LogP contribution in [0.3, 0.4) is 0 Å². The van der Waals surface area contributed by atoms with Crippen molar-refractivity contribution in [2.75, 3.05) is 19.8 Å². The van der Waals surface area contributed by atoms with E-state index in [-0.39, 0.29) is 6.61 Å². The standard InChI is InChI=1S/C22H21ClN4O4/c23-17-8-6-16(7-9-17)22(10-12-30-13-11-22)19(25-26-24)20(28)27-18(14-31-21(27)29)15-4-2-1-3-5-15/h1-9,18-19H,10-14H2. The number of halogens is 1. The number of hydrogen-bond donors (Lipinski definition) is 0. The molecule has 9 heteroatoms. The molecule has 160 valence electrons. The van der Waals surface area contributed by atoms with Crippen molar-refractivity contribution in [3.05, 3.63) is 81.2 Å². The number of cyclic esters (lactones) is 1. The Labute approximate surface area is 184 Å². The molecule has 0 saturated carbocycles. The summed E-state index contributed by atoms with van der Waals surface area (Å²) < 4.78 is 10.8. The summed E-state index contributed by atoms with van der Waals surface area (Å²) in [7, 11) is 0. The lowest BCUT2D eigenvalue weighted by molar-refractivity contribution is -0.133. The first-order chi connectivity index (χ1) is 15.1. The number of ether oxygens (including phenoxy) is 2. The number of amides is 2. The molecule has 31 heavy (non-hydrogen) atoms. The zero-order valence-electron chi connectivity index (χ0n) is 16.7. The van der Waals surface area contributed by atoms with E-state index in [4.69, 9.17) is 21.1 Å². The molecular formula is C22H21ClN4O4. The van der Waals surface area contributed by atoms with E-state index in [1.54, 1.807) is 12.1 Å². The lowest BCUT2D eigenvalue weighted by Gasteiger charge is -2.42. The molecule has 2 aliphatic rings. The number of carbonyl (C=O) groups excluding carboxylic acids is 2. The quantitative estimate of drug-likeness (QED) is 0.378. The minimum atomic E-state index is -1.14. The van der Waals surface area contributed by atoms with Gasteiger partial charge in [0.25, 0.3) is 0 Å². The summed E-state index contributed by atoms with van der Waals surface area (Å²) in [5.41, 5.74) is 10.1. The van der Waals surface area contributed by atoms with Crippen molar-refractivity contribution in [2.45, 2.75) is 30.3 Å². The van der Waals surface area contributed by atoms with E-state index in [9.17, 15) is 15.1 Å². The molecule has 0 N–H and O–H groups in total. The van der Waals surface area contributed by atoms with Crippen LogP contribution in [0.5, 0.6) is 0 Å². The third kappa shape index (κ3) is 3.97. The molecule has 2 heterocycles. The predicted molar refractivity (Wildman–Crippen MR) is 113 cm³/mol. The Hall–Kier alpha value is -3.06. The highest BCUT2D eigenvalue weighted by Crippen LogP contribution is 2.42. The van der Waals surface area contributed by atoms with Gasteiger partial charge in [0.1, 0.15) is 18.7 Å². The molecule has 8 nitrogen and oxygen atoms in total. The first kappa shape index (κ1) is 21.2. The number of benzene rings is 2. The maximum atomic E-state index is 13.8. The fourth-order valence-electron chi connectivity index (χ4n) is 4.40. The molecule has 2 unspecified atom stereocenters. The highest BCUT2D eigenvalue weighted by molar-refractivity contribution is 6.30. The average Bonchev–Trinajstić information content (AvgIpc) is 3.20. The first-order valence-corrected chi connectivity index (χ1v) is 10.4. The second-order valence-corrected chi connectivity index (χ2v) is 8.03. The molecule has 2 aliphatic heterocycles. The molecule has 0 bridgehead atoms. The van der Waals surface area contributed by atoms with Crippen LogP contribution in [0.15, 0.2) is 59.7 Å². The van der Waals surface area contributed by atoms with Crippen LogP contribution in [0.25, 0.3) is 10.4 Å². The molecule has 2 amide bonds. The van der Waals surface area contributed by atoms with Gasteiger partial charge < -0.3 is 9.47 Å². The summed E-state index contributed by atoms with van der Waals surface area (Å²) in [6.45, 7) is 0.856. The largest absolute Gasteiger partial charge is 0.446 e. The van der Waals surface area contributed by atoms with E-state index in [0.29, 0.717) is 31.1 Å². The Morgan fingerprint density at radius 2 is 1.84 bits per heavy atom. The molecule has 2 saturated heterocycles. The Balaban J connectivity index is 1.77. The zero-order valence-corrected chi connectivity index (χ0v) is 17.4. The smallest absolute Gasteiger partial charge is 0.417 e. The van der Waals surface area contributed by atoms with Crippen molar-refractivity contribution in [1.29, 1.82) is 0 Å². The molecular weight excluding hydrogens is 420 g/mol. The number of imide groups is 1. The van der Waals surface area contributed by atoms with Gasteiger partial charge in [-0.05, 0) is 41.6 Å². The summed E-state index contributed by atoms with van der Waals surface area (Å²) in [6.07, 6.45) is 0.182. The first-order valence-electron chi connectivity index (χ1n) is 9.99. The number of rotatable bonds is 5. The Morgan fingerprint density at radius 3 is 2.48 bits per heavy atom. The van der Waals surface area contributed by atoms with Gasteiger partial charge in [-0.15, -0.1) is 0 Å². The number of carbonyl (C=O) groups is 2.